The third-order valence-electron chi connectivity index (χ3n) is 7.18. The molecule has 0 saturated carbocycles. The maximum Gasteiger partial charge on any atom is 0.472 e. The topological polar surface area (TPSA) is 149 Å². The predicted octanol–water partition coefficient (Wildman–Crippen LogP) is 7.72. The van der Waals surface area contributed by atoms with Gasteiger partial charge in [0.05, 0.1) is 19.8 Å². The van der Waals surface area contributed by atoms with Gasteiger partial charge >= 0.3 is 19.8 Å². The van der Waals surface area contributed by atoms with E-state index in [2.05, 4.69) is 30.5 Å². The van der Waals surface area contributed by atoms with Crippen molar-refractivity contribution in [2.24, 2.45) is 0 Å². The van der Waals surface area contributed by atoms with Crippen molar-refractivity contribution in [2.75, 3.05) is 26.4 Å². The molecule has 260 valence electrons. The summed E-state index contributed by atoms with van der Waals surface area (Å²) < 4.78 is 32.4. The summed E-state index contributed by atoms with van der Waals surface area (Å²) >= 11 is 0. The second kappa shape index (κ2) is 30.4. The lowest BCUT2D eigenvalue weighted by atomic mass is 10.1. The first-order valence-electron chi connectivity index (χ1n) is 17.1. The summed E-state index contributed by atoms with van der Waals surface area (Å²) in [6, 6.07) is 0. The number of allylic oxidation sites excluding steroid dienone is 2. The molecule has 0 bridgehead atoms. The van der Waals surface area contributed by atoms with Crippen LogP contribution in [0.1, 0.15) is 149 Å². The number of carbonyl (C=O) groups excluding carboxylic acids is 2. The Balaban J connectivity index is 4.43. The van der Waals surface area contributed by atoms with Crippen molar-refractivity contribution in [2.45, 2.75) is 161 Å². The number of aliphatic hydroxyl groups excluding tert-OH is 2. The Kier molecular flexibility index (Phi) is 29.5. The van der Waals surface area contributed by atoms with Crippen molar-refractivity contribution in [3.8, 4) is 0 Å². The van der Waals surface area contributed by atoms with Gasteiger partial charge in [-0.05, 0) is 32.1 Å². The van der Waals surface area contributed by atoms with Crippen molar-refractivity contribution in [1.29, 1.82) is 0 Å². The van der Waals surface area contributed by atoms with E-state index in [0.29, 0.717) is 12.8 Å². The average Bonchev–Trinajstić information content (AvgIpc) is 3.00. The van der Waals surface area contributed by atoms with Crippen LogP contribution >= 0.6 is 7.82 Å². The zero-order chi connectivity index (χ0) is 32.7. The lowest BCUT2D eigenvalue weighted by molar-refractivity contribution is -0.161. The third kappa shape index (κ3) is 29.4. The molecule has 0 aromatic rings. The highest BCUT2D eigenvalue weighted by Gasteiger charge is 2.27. The molecule has 3 N–H and O–H groups in total. The number of esters is 2. The fourth-order valence-electron chi connectivity index (χ4n) is 4.52. The summed E-state index contributed by atoms with van der Waals surface area (Å²) in [4.78, 5) is 34.6. The maximum absolute atomic E-state index is 12.5. The molecule has 0 amide bonds. The molecule has 0 saturated heterocycles. The number of hydrogen-bond acceptors (Lipinski definition) is 9. The van der Waals surface area contributed by atoms with Crippen LogP contribution in [-0.4, -0.2) is 65.7 Å². The summed E-state index contributed by atoms with van der Waals surface area (Å²) in [7, 11) is -4.60. The van der Waals surface area contributed by atoms with Gasteiger partial charge in [0.2, 0.25) is 0 Å². The van der Waals surface area contributed by atoms with Crippen LogP contribution in [0.25, 0.3) is 0 Å². The molecular weight excluding hydrogens is 587 g/mol. The molecule has 0 fully saturated rings. The summed E-state index contributed by atoms with van der Waals surface area (Å²) in [5.41, 5.74) is 0. The monoisotopic (exact) mass is 650 g/mol. The van der Waals surface area contributed by atoms with Gasteiger partial charge in [-0.2, -0.15) is 0 Å². The molecule has 0 rings (SSSR count). The van der Waals surface area contributed by atoms with Crippen molar-refractivity contribution in [3.63, 3.8) is 0 Å². The van der Waals surface area contributed by atoms with E-state index in [-0.39, 0.29) is 19.4 Å². The molecule has 3 atom stereocenters. The minimum atomic E-state index is -4.60. The minimum absolute atomic E-state index is 0.181. The zero-order valence-corrected chi connectivity index (χ0v) is 28.5. The van der Waals surface area contributed by atoms with E-state index in [1.165, 1.54) is 57.8 Å². The van der Waals surface area contributed by atoms with Crippen molar-refractivity contribution in [3.05, 3.63) is 12.2 Å². The Morgan fingerprint density at radius 2 is 1.18 bits per heavy atom. The van der Waals surface area contributed by atoms with Crippen LogP contribution in [0.4, 0.5) is 0 Å². The number of carbonyl (C=O) groups is 2. The van der Waals surface area contributed by atoms with Gasteiger partial charge in [0.1, 0.15) is 12.7 Å². The zero-order valence-electron chi connectivity index (χ0n) is 27.6. The molecule has 0 aliphatic rings. The fourth-order valence-corrected chi connectivity index (χ4v) is 5.31. The van der Waals surface area contributed by atoms with E-state index >= 15 is 0 Å². The molecule has 0 aromatic carbocycles. The van der Waals surface area contributed by atoms with Crippen molar-refractivity contribution < 1.29 is 47.8 Å². The SMILES string of the molecule is CC/C=C\CCCCCCCCCC(=O)O[C@H](COC(=O)CCCCCCCCCCCC)COP(=O)(O)OC[C@@H](O)CO. The Morgan fingerprint density at radius 3 is 1.73 bits per heavy atom. The van der Waals surface area contributed by atoms with Gasteiger partial charge in [0.15, 0.2) is 6.10 Å². The smallest absolute Gasteiger partial charge is 0.462 e. The van der Waals surface area contributed by atoms with Gasteiger partial charge in [-0.15, -0.1) is 0 Å². The lowest BCUT2D eigenvalue weighted by Gasteiger charge is -2.20. The van der Waals surface area contributed by atoms with E-state index in [0.717, 1.165) is 51.4 Å². The number of rotatable bonds is 32. The van der Waals surface area contributed by atoms with Gasteiger partial charge in [0.25, 0.3) is 0 Å². The molecule has 0 heterocycles. The maximum atomic E-state index is 12.5. The van der Waals surface area contributed by atoms with E-state index in [4.69, 9.17) is 19.1 Å². The number of hydrogen-bond donors (Lipinski definition) is 3. The molecule has 0 spiro atoms. The van der Waals surface area contributed by atoms with E-state index in [1.54, 1.807) is 0 Å². The predicted molar refractivity (Wildman–Crippen MR) is 173 cm³/mol. The number of ether oxygens (including phenoxy) is 2. The molecule has 10 nitrogen and oxygen atoms in total. The summed E-state index contributed by atoms with van der Waals surface area (Å²) in [5, 5.41) is 18.2. The van der Waals surface area contributed by atoms with Crippen LogP contribution in [0, 0.1) is 0 Å². The molecular formula is C33H63O10P. The van der Waals surface area contributed by atoms with Gasteiger partial charge in [-0.25, -0.2) is 4.57 Å². The number of phosphoric acid groups is 1. The Labute approximate surface area is 266 Å². The first-order chi connectivity index (χ1) is 21.2. The number of aliphatic hydroxyl groups is 2. The van der Waals surface area contributed by atoms with Crippen LogP contribution < -0.4 is 0 Å². The lowest BCUT2D eigenvalue weighted by Crippen LogP contribution is -2.29. The van der Waals surface area contributed by atoms with Crippen molar-refractivity contribution in [1.82, 2.24) is 0 Å². The molecule has 0 aliphatic heterocycles. The second-order valence-electron chi connectivity index (χ2n) is 11.5. The Morgan fingerprint density at radius 1 is 0.682 bits per heavy atom. The Hall–Kier alpha value is -1.29. The van der Waals surface area contributed by atoms with Crippen LogP contribution in [0.3, 0.4) is 0 Å². The van der Waals surface area contributed by atoms with Crippen LogP contribution in [0.2, 0.25) is 0 Å². The molecule has 11 heteroatoms. The van der Waals surface area contributed by atoms with Gasteiger partial charge in [-0.3, -0.25) is 18.6 Å². The Bertz CT molecular complexity index is 761. The second-order valence-corrected chi connectivity index (χ2v) is 13.0. The quantitative estimate of drug-likeness (QED) is 0.0286. The largest absolute Gasteiger partial charge is 0.472 e. The van der Waals surface area contributed by atoms with E-state index in [9.17, 15) is 24.2 Å². The van der Waals surface area contributed by atoms with Crippen molar-refractivity contribution >= 4 is 19.8 Å². The van der Waals surface area contributed by atoms with Gasteiger partial charge < -0.3 is 24.6 Å². The number of phosphoric ester groups is 1. The molecule has 1 unspecified atom stereocenters. The fraction of sp³-hybridized carbons (Fsp3) is 0.879. The average molecular weight is 651 g/mol. The summed E-state index contributed by atoms with van der Waals surface area (Å²) in [6.45, 7) is 2.24. The van der Waals surface area contributed by atoms with Crippen LogP contribution in [0.15, 0.2) is 12.2 Å². The van der Waals surface area contributed by atoms with Crippen LogP contribution in [0.5, 0.6) is 0 Å². The summed E-state index contributed by atoms with van der Waals surface area (Å²) in [6.07, 6.45) is 23.4. The van der Waals surface area contributed by atoms with E-state index in [1.807, 2.05) is 0 Å². The highest BCUT2D eigenvalue weighted by molar-refractivity contribution is 7.47. The molecule has 0 aromatic heterocycles. The first-order valence-corrected chi connectivity index (χ1v) is 18.6. The standard InChI is InChI=1S/C33H63O10P/c1-3-5-7-9-11-13-15-17-19-21-23-25-33(37)43-31(29-42-44(38,39)41-27-30(35)26-34)28-40-32(36)24-22-20-18-16-14-12-10-8-6-4-2/h5,7,30-31,34-35H,3-4,6,8-29H2,1-2H3,(H,38,39)/b7-5-/t30-,31+/m0/s1. The molecule has 44 heavy (non-hydrogen) atoms. The highest BCUT2D eigenvalue weighted by atomic mass is 31.2. The first kappa shape index (κ1) is 42.7. The van der Waals surface area contributed by atoms with E-state index < -0.39 is 51.8 Å². The van der Waals surface area contributed by atoms with Gasteiger partial charge in [0, 0.05) is 12.8 Å². The highest BCUT2D eigenvalue weighted by Crippen LogP contribution is 2.43. The molecule has 0 radical (unpaired) electrons. The molecule has 0 aliphatic carbocycles. The normalized spacial score (nSPS) is 14.4. The number of unbranched alkanes of at least 4 members (excludes halogenated alkanes) is 16. The minimum Gasteiger partial charge on any atom is -0.462 e. The summed E-state index contributed by atoms with van der Waals surface area (Å²) in [5.74, 6) is -0.932. The van der Waals surface area contributed by atoms with Gasteiger partial charge in [-0.1, -0.05) is 116 Å². The third-order valence-corrected chi connectivity index (χ3v) is 8.13. The van der Waals surface area contributed by atoms with Crippen LogP contribution in [-0.2, 0) is 32.7 Å².